The van der Waals surface area contributed by atoms with Gasteiger partial charge in [-0.3, -0.25) is 9.59 Å². The van der Waals surface area contributed by atoms with E-state index in [9.17, 15) is 19.1 Å². The van der Waals surface area contributed by atoms with E-state index >= 15 is 0 Å². The molecule has 2 aromatic heterocycles. The number of benzene rings is 1. The number of H-pyrrole nitrogens is 1. The molecule has 0 spiro atoms. The summed E-state index contributed by atoms with van der Waals surface area (Å²) in [6.45, 7) is 6.29. The number of carbonyl (C=O) groups is 2. The van der Waals surface area contributed by atoms with Gasteiger partial charge >= 0.3 is 0 Å². The minimum atomic E-state index is -1.02. The number of amides is 2. The maximum absolute atomic E-state index is 13.3. The molecular formula is C27H34FN5O4. The standard InChI is InChI=1S/C27H34FN5O4/c1-16(26-29-15-23(30-26)19-7-9-20(28)10-8-19)12-24(34)21(31-27(36)22-13-18(3)37-32-22)14-25(35)33-11-5-4-6-17(33)2/h7-10,13,15-17,21,24,34H,4-6,11-12,14H2,1-3H3,(H,29,30)(H,31,36)/t16-,17+,21+,24-/m1/s1. The maximum atomic E-state index is 13.3. The van der Waals surface area contributed by atoms with Crippen LogP contribution in [0.4, 0.5) is 4.39 Å². The van der Waals surface area contributed by atoms with Crippen LogP contribution < -0.4 is 5.32 Å². The molecule has 0 bridgehead atoms. The first-order chi connectivity index (χ1) is 17.7. The van der Waals surface area contributed by atoms with Crippen molar-refractivity contribution in [3.05, 3.63) is 59.6 Å². The number of aliphatic hydroxyl groups is 1. The first-order valence-electron chi connectivity index (χ1n) is 12.7. The Hall–Kier alpha value is -3.53. The van der Waals surface area contributed by atoms with Crippen LogP contribution in [0.25, 0.3) is 11.3 Å². The van der Waals surface area contributed by atoms with E-state index in [1.165, 1.54) is 18.2 Å². The van der Waals surface area contributed by atoms with Crippen molar-refractivity contribution < 1.29 is 23.6 Å². The van der Waals surface area contributed by atoms with Gasteiger partial charge < -0.3 is 24.8 Å². The van der Waals surface area contributed by atoms with E-state index < -0.39 is 18.1 Å². The van der Waals surface area contributed by atoms with Gasteiger partial charge in [-0.05, 0) is 69.4 Å². The molecule has 1 aromatic carbocycles. The average Bonchev–Trinajstić information content (AvgIpc) is 3.54. The van der Waals surface area contributed by atoms with Crippen LogP contribution in [0.1, 0.15) is 73.9 Å². The number of piperidine rings is 1. The van der Waals surface area contributed by atoms with E-state index in [-0.39, 0.29) is 42.2 Å². The van der Waals surface area contributed by atoms with Gasteiger partial charge in [0.2, 0.25) is 5.91 Å². The highest BCUT2D eigenvalue weighted by Crippen LogP contribution is 2.25. The molecule has 3 aromatic rings. The molecule has 0 unspecified atom stereocenters. The number of rotatable bonds is 9. The number of likely N-dealkylation sites (tertiary alicyclic amines) is 1. The fraction of sp³-hybridized carbons (Fsp3) is 0.481. The van der Waals surface area contributed by atoms with E-state index in [1.807, 2.05) is 18.7 Å². The number of carbonyl (C=O) groups excluding carboxylic acids is 2. The second-order valence-corrected chi connectivity index (χ2v) is 9.93. The molecule has 0 aliphatic carbocycles. The number of aromatic nitrogens is 3. The van der Waals surface area contributed by atoms with Crippen LogP contribution in [-0.4, -0.2) is 61.7 Å². The fourth-order valence-electron chi connectivity index (χ4n) is 4.77. The first-order valence-corrected chi connectivity index (χ1v) is 12.7. The lowest BCUT2D eigenvalue weighted by molar-refractivity contribution is -0.135. The summed E-state index contributed by atoms with van der Waals surface area (Å²) in [5, 5.41) is 17.7. The van der Waals surface area contributed by atoms with Crippen LogP contribution in [0.5, 0.6) is 0 Å². The fourth-order valence-corrected chi connectivity index (χ4v) is 4.77. The SMILES string of the molecule is Cc1cc(C(=O)N[C@@H](CC(=O)N2CCCC[C@@H]2C)[C@H](O)C[C@@H](C)c2ncc(-c3ccc(F)cc3)[nH]2)no1. The van der Waals surface area contributed by atoms with E-state index in [4.69, 9.17) is 4.52 Å². The minimum Gasteiger partial charge on any atom is -0.391 e. The zero-order chi connectivity index (χ0) is 26.5. The van der Waals surface area contributed by atoms with E-state index in [2.05, 4.69) is 20.4 Å². The largest absolute Gasteiger partial charge is 0.391 e. The summed E-state index contributed by atoms with van der Waals surface area (Å²) in [5.74, 6) is 0.00134. The summed E-state index contributed by atoms with van der Waals surface area (Å²) in [6.07, 6.45) is 3.84. The molecule has 4 rings (SSSR count). The second-order valence-electron chi connectivity index (χ2n) is 9.93. The highest BCUT2D eigenvalue weighted by atomic mass is 19.1. The van der Waals surface area contributed by atoms with Crippen molar-refractivity contribution in [3.63, 3.8) is 0 Å². The van der Waals surface area contributed by atoms with Gasteiger partial charge in [-0.2, -0.15) is 0 Å². The molecule has 3 heterocycles. The minimum absolute atomic E-state index is 0.0280. The maximum Gasteiger partial charge on any atom is 0.273 e. The van der Waals surface area contributed by atoms with E-state index in [0.29, 0.717) is 18.1 Å². The van der Waals surface area contributed by atoms with Crippen LogP contribution >= 0.6 is 0 Å². The van der Waals surface area contributed by atoms with Gasteiger partial charge in [0, 0.05) is 31.0 Å². The molecule has 1 aliphatic rings. The van der Waals surface area contributed by atoms with Crippen molar-refractivity contribution in [2.45, 2.75) is 77.0 Å². The Morgan fingerprint density at radius 3 is 2.73 bits per heavy atom. The third-order valence-corrected chi connectivity index (χ3v) is 6.97. The Labute approximate surface area is 215 Å². The van der Waals surface area contributed by atoms with Gasteiger partial charge in [-0.25, -0.2) is 9.37 Å². The molecule has 1 fully saturated rings. The van der Waals surface area contributed by atoms with Gasteiger partial charge in [0.05, 0.1) is 24.0 Å². The van der Waals surface area contributed by atoms with Crippen molar-refractivity contribution >= 4 is 11.8 Å². The van der Waals surface area contributed by atoms with Gasteiger partial charge in [-0.15, -0.1) is 0 Å². The molecule has 0 saturated carbocycles. The van der Waals surface area contributed by atoms with Crippen molar-refractivity contribution in [1.82, 2.24) is 25.3 Å². The monoisotopic (exact) mass is 511 g/mol. The molecule has 10 heteroatoms. The first kappa shape index (κ1) is 26.5. The molecule has 1 aliphatic heterocycles. The normalized spacial score (nSPS) is 18.3. The van der Waals surface area contributed by atoms with Crippen LogP contribution in [0.15, 0.2) is 41.1 Å². The van der Waals surface area contributed by atoms with Crippen LogP contribution in [0.3, 0.4) is 0 Å². The highest BCUT2D eigenvalue weighted by Gasteiger charge is 2.31. The molecule has 1 saturated heterocycles. The number of nitrogens with zero attached hydrogens (tertiary/aromatic N) is 3. The molecule has 9 nitrogen and oxygen atoms in total. The number of hydrogen-bond donors (Lipinski definition) is 3. The lowest BCUT2D eigenvalue weighted by Crippen LogP contribution is -2.49. The molecule has 3 N–H and O–H groups in total. The van der Waals surface area contributed by atoms with Gasteiger partial charge in [0.1, 0.15) is 17.4 Å². The number of hydrogen-bond acceptors (Lipinski definition) is 6. The number of aryl methyl sites for hydroxylation is 1. The molecule has 198 valence electrons. The molecule has 0 radical (unpaired) electrons. The topological polar surface area (TPSA) is 124 Å². The zero-order valence-electron chi connectivity index (χ0n) is 21.4. The summed E-state index contributed by atoms with van der Waals surface area (Å²) >= 11 is 0. The predicted molar refractivity (Wildman–Crippen MR) is 135 cm³/mol. The lowest BCUT2D eigenvalue weighted by atomic mass is 9.94. The molecule has 2 amide bonds. The Bertz CT molecular complexity index is 1210. The Morgan fingerprint density at radius 2 is 2.05 bits per heavy atom. The summed E-state index contributed by atoms with van der Waals surface area (Å²) in [7, 11) is 0. The van der Waals surface area contributed by atoms with Crippen LogP contribution in [0, 0.1) is 12.7 Å². The zero-order valence-corrected chi connectivity index (χ0v) is 21.4. The Morgan fingerprint density at radius 1 is 1.30 bits per heavy atom. The third kappa shape index (κ3) is 6.62. The quantitative estimate of drug-likeness (QED) is 0.400. The smallest absolute Gasteiger partial charge is 0.273 e. The van der Waals surface area contributed by atoms with Crippen molar-refractivity contribution in [2.24, 2.45) is 0 Å². The summed E-state index contributed by atoms with van der Waals surface area (Å²) in [5.41, 5.74) is 1.62. The molecule has 4 atom stereocenters. The Kier molecular flexibility index (Phi) is 8.38. The van der Waals surface area contributed by atoms with Crippen molar-refractivity contribution in [3.8, 4) is 11.3 Å². The summed E-state index contributed by atoms with van der Waals surface area (Å²) < 4.78 is 18.3. The number of aromatic amines is 1. The molecular weight excluding hydrogens is 477 g/mol. The number of nitrogens with one attached hydrogen (secondary N) is 2. The van der Waals surface area contributed by atoms with Gasteiger partial charge in [0.25, 0.3) is 5.91 Å². The van der Waals surface area contributed by atoms with Crippen molar-refractivity contribution in [1.29, 1.82) is 0 Å². The Balaban J connectivity index is 1.46. The summed E-state index contributed by atoms with van der Waals surface area (Å²) in [6, 6.07) is 6.91. The van der Waals surface area contributed by atoms with Crippen LogP contribution in [-0.2, 0) is 4.79 Å². The lowest BCUT2D eigenvalue weighted by Gasteiger charge is -2.35. The van der Waals surface area contributed by atoms with Crippen LogP contribution in [0.2, 0.25) is 0 Å². The predicted octanol–water partition coefficient (Wildman–Crippen LogP) is 3.96. The number of imidazole rings is 1. The highest BCUT2D eigenvalue weighted by molar-refractivity contribution is 5.92. The van der Waals surface area contributed by atoms with Gasteiger partial charge in [-0.1, -0.05) is 12.1 Å². The third-order valence-electron chi connectivity index (χ3n) is 6.97. The van der Waals surface area contributed by atoms with Gasteiger partial charge in [0.15, 0.2) is 5.69 Å². The van der Waals surface area contributed by atoms with E-state index in [0.717, 1.165) is 30.5 Å². The average molecular weight is 512 g/mol. The number of halogens is 1. The summed E-state index contributed by atoms with van der Waals surface area (Å²) in [4.78, 5) is 35.5. The molecule has 37 heavy (non-hydrogen) atoms. The number of aliphatic hydroxyl groups excluding tert-OH is 1. The second kappa shape index (κ2) is 11.7. The van der Waals surface area contributed by atoms with E-state index in [1.54, 1.807) is 25.3 Å². The van der Waals surface area contributed by atoms with Crippen molar-refractivity contribution in [2.75, 3.05) is 6.54 Å².